The SMILES string of the molecule is Cc1cc(C)c(CN(C)Cc2ccn[nH]2)c(-n2cccn2)c1. The highest BCUT2D eigenvalue weighted by molar-refractivity contribution is 5.48. The van der Waals surface area contributed by atoms with Crippen LogP contribution in [-0.2, 0) is 13.1 Å². The van der Waals surface area contributed by atoms with Gasteiger partial charge in [-0.3, -0.25) is 10.00 Å². The monoisotopic (exact) mass is 295 g/mol. The molecule has 0 amide bonds. The molecule has 5 heteroatoms. The van der Waals surface area contributed by atoms with E-state index in [1.54, 1.807) is 6.20 Å². The number of nitrogens with zero attached hydrogens (tertiary/aromatic N) is 4. The number of hydrogen-bond acceptors (Lipinski definition) is 3. The lowest BCUT2D eigenvalue weighted by molar-refractivity contribution is 0.314. The Labute approximate surface area is 130 Å². The molecule has 1 aromatic carbocycles. The molecule has 0 unspecified atom stereocenters. The van der Waals surface area contributed by atoms with E-state index in [4.69, 9.17) is 0 Å². The van der Waals surface area contributed by atoms with Gasteiger partial charge in [0.1, 0.15) is 0 Å². The van der Waals surface area contributed by atoms with Crippen LogP contribution in [0.15, 0.2) is 42.9 Å². The molecule has 0 bridgehead atoms. The van der Waals surface area contributed by atoms with Crippen molar-refractivity contribution in [3.63, 3.8) is 0 Å². The van der Waals surface area contributed by atoms with Crippen LogP contribution in [-0.4, -0.2) is 31.9 Å². The van der Waals surface area contributed by atoms with E-state index in [0.717, 1.165) is 24.5 Å². The largest absolute Gasteiger partial charge is 0.296 e. The molecular formula is C17H21N5. The first-order valence-corrected chi connectivity index (χ1v) is 7.40. The second-order valence-electron chi connectivity index (χ2n) is 5.78. The maximum atomic E-state index is 4.39. The fraction of sp³-hybridized carbons (Fsp3) is 0.294. The predicted octanol–water partition coefficient (Wildman–Crippen LogP) is 2.84. The van der Waals surface area contributed by atoms with Crippen LogP contribution in [0.5, 0.6) is 0 Å². The maximum absolute atomic E-state index is 4.39. The highest BCUT2D eigenvalue weighted by atomic mass is 15.3. The number of aromatic amines is 1. The van der Waals surface area contributed by atoms with Crippen LogP contribution in [0.1, 0.15) is 22.4 Å². The Morgan fingerprint density at radius 1 is 1.18 bits per heavy atom. The Kier molecular flexibility index (Phi) is 4.06. The Hall–Kier alpha value is -2.40. The van der Waals surface area contributed by atoms with Gasteiger partial charge < -0.3 is 0 Å². The van der Waals surface area contributed by atoms with E-state index in [0.29, 0.717) is 0 Å². The summed E-state index contributed by atoms with van der Waals surface area (Å²) in [6.07, 6.45) is 5.60. The lowest BCUT2D eigenvalue weighted by Crippen LogP contribution is -2.19. The zero-order chi connectivity index (χ0) is 15.5. The van der Waals surface area contributed by atoms with Crippen LogP contribution in [0.25, 0.3) is 5.69 Å². The quantitative estimate of drug-likeness (QED) is 0.787. The number of benzene rings is 1. The van der Waals surface area contributed by atoms with Gasteiger partial charge in [0.25, 0.3) is 0 Å². The average molecular weight is 295 g/mol. The van der Waals surface area contributed by atoms with Crippen molar-refractivity contribution in [2.24, 2.45) is 0 Å². The van der Waals surface area contributed by atoms with E-state index in [9.17, 15) is 0 Å². The topological polar surface area (TPSA) is 49.7 Å². The summed E-state index contributed by atoms with van der Waals surface area (Å²) in [6, 6.07) is 8.38. The number of hydrogen-bond donors (Lipinski definition) is 1. The van der Waals surface area contributed by atoms with Crippen LogP contribution >= 0.6 is 0 Å². The van der Waals surface area contributed by atoms with E-state index in [1.807, 2.05) is 29.2 Å². The first-order valence-electron chi connectivity index (χ1n) is 7.40. The van der Waals surface area contributed by atoms with Crippen molar-refractivity contribution in [2.75, 3.05) is 7.05 Å². The van der Waals surface area contributed by atoms with Crippen LogP contribution in [0, 0.1) is 13.8 Å². The van der Waals surface area contributed by atoms with Gasteiger partial charge in [-0.1, -0.05) is 6.07 Å². The summed E-state index contributed by atoms with van der Waals surface area (Å²) in [4.78, 5) is 2.28. The lowest BCUT2D eigenvalue weighted by atomic mass is 10.0. The van der Waals surface area contributed by atoms with Crippen molar-refractivity contribution in [1.29, 1.82) is 0 Å². The van der Waals surface area contributed by atoms with E-state index < -0.39 is 0 Å². The second-order valence-corrected chi connectivity index (χ2v) is 5.78. The number of rotatable bonds is 5. The molecule has 22 heavy (non-hydrogen) atoms. The number of H-pyrrole nitrogens is 1. The number of aryl methyl sites for hydroxylation is 2. The summed E-state index contributed by atoms with van der Waals surface area (Å²) in [6.45, 7) is 5.99. The molecule has 2 heterocycles. The summed E-state index contributed by atoms with van der Waals surface area (Å²) in [7, 11) is 2.12. The number of aromatic nitrogens is 4. The average Bonchev–Trinajstić information content (AvgIpc) is 3.14. The molecule has 3 rings (SSSR count). The molecule has 1 N–H and O–H groups in total. The molecule has 0 fully saturated rings. The molecule has 2 aromatic heterocycles. The highest BCUT2D eigenvalue weighted by Crippen LogP contribution is 2.22. The molecule has 114 valence electrons. The zero-order valence-electron chi connectivity index (χ0n) is 13.2. The fourth-order valence-electron chi connectivity index (χ4n) is 2.79. The van der Waals surface area contributed by atoms with Crippen molar-refractivity contribution >= 4 is 0 Å². The molecule has 3 aromatic rings. The van der Waals surface area contributed by atoms with Crippen molar-refractivity contribution in [1.82, 2.24) is 24.9 Å². The molecular weight excluding hydrogens is 274 g/mol. The van der Waals surface area contributed by atoms with Crippen LogP contribution in [0.2, 0.25) is 0 Å². The smallest absolute Gasteiger partial charge is 0.0695 e. The molecule has 0 saturated heterocycles. The minimum atomic E-state index is 0.839. The standard InChI is InChI=1S/C17H21N5/c1-13-9-14(2)16(17(10-13)22-8-4-6-19-22)12-21(3)11-15-5-7-18-20-15/h4-10H,11-12H2,1-3H3,(H,18,20). The van der Waals surface area contributed by atoms with Gasteiger partial charge >= 0.3 is 0 Å². The second kappa shape index (κ2) is 6.15. The van der Waals surface area contributed by atoms with Crippen molar-refractivity contribution in [3.05, 3.63) is 65.2 Å². The minimum Gasteiger partial charge on any atom is -0.296 e. The molecule has 0 atom stereocenters. The molecule has 0 radical (unpaired) electrons. The Morgan fingerprint density at radius 2 is 2.05 bits per heavy atom. The van der Waals surface area contributed by atoms with Gasteiger partial charge in [0.05, 0.1) is 5.69 Å². The number of nitrogens with one attached hydrogen (secondary N) is 1. The van der Waals surface area contributed by atoms with E-state index >= 15 is 0 Å². The van der Waals surface area contributed by atoms with Gasteiger partial charge in [0.15, 0.2) is 0 Å². The molecule has 5 nitrogen and oxygen atoms in total. The van der Waals surface area contributed by atoms with E-state index in [2.05, 4.69) is 53.2 Å². The van der Waals surface area contributed by atoms with Gasteiger partial charge in [-0.25, -0.2) is 4.68 Å². The summed E-state index contributed by atoms with van der Waals surface area (Å²) in [5.41, 5.74) is 6.12. The Balaban J connectivity index is 1.89. The summed E-state index contributed by atoms with van der Waals surface area (Å²) in [5.74, 6) is 0. The molecule has 0 saturated carbocycles. The normalized spacial score (nSPS) is 11.3. The predicted molar refractivity (Wildman–Crippen MR) is 86.8 cm³/mol. The summed E-state index contributed by atoms with van der Waals surface area (Å²) < 4.78 is 1.94. The first-order chi connectivity index (χ1) is 10.6. The Morgan fingerprint density at radius 3 is 2.73 bits per heavy atom. The third-order valence-corrected chi connectivity index (χ3v) is 3.77. The zero-order valence-corrected chi connectivity index (χ0v) is 13.2. The molecule has 0 aliphatic carbocycles. The minimum absolute atomic E-state index is 0.839. The van der Waals surface area contributed by atoms with Gasteiger partial charge in [0.2, 0.25) is 0 Å². The van der Waals surface area contributed by atoms with Gasteiger partial charge in [-0.05, 0) is 55.8 Å². The molecule has 0 aliphatic heterocycles. The maximum Gasteiger partial charge on any atom is 0.0695 e. The molecule has 0 aliphatic rings. The third kappa shape index (κ3) is 3.09. The van der Waals surface area contributed by atoms with Crippen LogP contribution in [0.3, 0.4) is 0 Å². The first kappa shape index (κ1) is 14.5. The van der Waals surface area contributed by atoms with Crippen molar-refractivity contribution in [3.8, 4) is 5.69 Å². The highest BCUT2D eigenvalue weighted by Gasteiger charge is 2.12. The summed E-state index contributed by atoms with van der Waals surface area (Å²) in [5, 5.41) is 11.4. The van der Waals surface area contributed by atoms with E-state index in [1.165, 1.54) is 16.7 Å². The summed E-state index contributed by atoms with van der Waals surface area (Å²) >= 11 is 0. The van der Waals surface area contributed by atoms with Crippen molar-refractivity contribution in [2.45, 2.75) is 26.9 Å². The van der Waals surface area contributed by atoms with Crippen LogP contribution in [0.4, 0.5) is 0 Å². The third-order valence-electron chi connectivity index (χ3n) is 3.77. The fourth-order valence-corrected chi connectivity index (χ4v) is 2.79. The van der Waals surface area contributed by atoms with Gasteiger partial charge in [0, 0.05) is 37.4 Å². The van der Waals surface area contributed by atoms with E-state index in [-0.39, 0.29) is 0 Å². The van der Waals surface area contributed by atoms with Crippen LogP contribution < -0.4 is 0 Å². The molecule has 0 spiro atoms. The lowest BCUT2D eigenvalue weighted by Gasteiger charge is -2.20. The van der Waals surface area contributed by atoms with Gasteiger partial charge in [-0.2, -0.15) is 10.2 Å². The van der Waals surface area contributed by atoms with Crippen molar-refractivity contribution < 1.29 is 0 Å². The van der Waals surface area contributed by atoms with Gasteiger partial charge in [-0.15, -0.1) is 0 Å². The Bertz CT molecular complexity index is 729.